The highest BCUT2D eigenvalue weighted by molar-refractivity contribution is 5.77. The molecule has 3 aromatic rings. The Morgan fingerprint density at radius 3 is 2.68 bits per heavy atom. The molecule has 1 heterocycles. The predicted molar refractivity (Wildman–Crippen MR) is 95.4 cm³/mol. The van der Waals surface area contributed by atoms with Gasteiger partial charge in [0.2, 0.25) is 0 Å². The molecular formula is C19H21N3O3. The van der Waals surface area contributed by atoms with Crippen LogP contribution in [0.2, 0.25) is 0 Å². The van der Waals surface area contributed by atoms with Crippen LogP contribution in [0.15, 0.2) is 48.5 Å². The van der Waals surface area contributed by atoms with E-state index in [1.807, 2.05) is 60.1 Å². The minimum atomic E-state index is -0.381. The van der Waals surface area contributed by atoms with Crippen LogP contribution in [0.25, 0.3) is 11.0 Å². The first-order chi connectivity index (χ1) is 12.1. The molecule has 0 bridgehead atoms. The van der Waals surface area contributed by atoms with Gasteiger partial charge in [-0.2, -0.15) is 0 Å². The van der Waals surface area contributed by atoms with E-state index in [4.69, 9.17) is 9.47 Å². The number of ether oxygens (including phenoxy) is 2. The number of carbonyl (C=O) groups excluding carboxylic acids is 1. The van der Waals surface area contributed by atoms with Gasteiger partial charge in [-0.25, -0.2) is 9.78 Å². The molecule has 6 heteroatoms. The SMILES string of the molecule is COc1ccc2c(c1)nc(COC(=O)N(C)Cc1ccccc1)n2C. The average Bonchev–Trinajstić information content (AvgIpc) is 2.95. The van der Waals surface area contributed by atoms with Gasteiger partial charge >= 0.3 is 6.09 Å². The third-order valence-electron chi connectivity index (χ3n) is 4.08. The van der Waals surface area contributed by atoms with Gasteiger partial charge in [-0.05, 0) is 17.7 Å². The minimum absolute atomic E-state index is 0.117. The molecule has 0 saturated carbocycles. The molecule has 0 N–H and O–H groups in total. The second-order valence-corrected chi connectivity index (χ2v) is 5.84. The number of imidazole rings is 1. The van der Waals surface area contributed by atoms with E-state index in [0.29, 0.717) is 12.4 Å². The monoisotopic (exact) mass is 339 g/mol. The van der Waals surface area contributed by atoms with E-state index in [1.54, 1.807) is 19.1 Å². The standard InChI is InChI=1S/C19H21N3O3/c1-21(12-14-7-5-4-6-8-14)19(23)25-13-18-20-16-11-15(24-3)9-10-17(16)22(18)2/h4-11H,12-13H2,1-3H3. The number of nitrogens with zero attached hydrogens (tertiary/aromatic N) is 3. The highest BCUT2D eigenvalue weighted by Gasteiger charge is 2.14. The summed E-state index contributed by atoms with van der Waals surface area (Å²) in [5.41, 5.74) is 2.83. The Balaban J connectivity index is 1.65. The van der Waals surface area contributed by atoms with Crippen molar-refractivity contribution in [1.82, 2.24) is 14.5 Å². The molecule has 3 rings (SSSR count). The van der Waals surface area contributed by atoms with E-state index >= 15 is 0 Å². The molecule has 0 atom stereocenters. The zero-order chi connectivity index (χ0) is 17.8. The fraction of sp³-hybridized carbons (Fsp3) is 0.263. The van der Waals surface area contributed by atoms with Crippen molar-refractivity contribution in [3.05, 3.63) is 59.9 Å². The molecule has 1 amide bonds. The van der Waals surface area contributed by atoms with E-state index in [0.717, 1.165) is 22.3 Å². The van der Waals surface area contributed by atoms with Crippen molar-refractivity contribution in [3.8, 4) is 5.75 Å². The van der Waals surface area contributed by atoms with Crippen LogP contribution in [0.3, 0.4) is 0 Å². The van der Waals surface area contributed by atoms with Crippen LogP contribution in [-0.4, -0.2) is 34.7 Å². The van der Waals surface area contributed by atoms with E-state index in [2.05, 4.69) is 4.98 Å². The van der Waals surface area contributed by atoms with Crippen LogP contribution in [0.5, 0.6) is 5.75 Å². The van der Waals surface area contributed by atoms with E-state index in [-0.39, 0.29) is 12.7 Å². The quantitative estimate of drug-likeness (QED) is 0.715. The molecule has 2 aromatic carbocycles. The summed E-state index contributed by atoms with van der Waals surface area (Å²) in [5, 5.41) is 0. The molecule has 25 heavy (non-hydrogen) atoms. The Morgan fingerprint density at radius 2 is 1.96 bits per heavy atom. The number of methoxy groups -OCH3 is 1. The summed E-state index contributed by atoms with van der Waals surface area (Å²) in [6, 6.07) is 15.5. The predicted octanol–water partition coefficient (Wildman–Crippen LogP) is 3.35. The van der Waals surface area contributed by atoms with Crippen molar-refractivity contribution in [2.24, 2.45) is 7.05 Å². The number of benzene rings is 2. The third-order valence-corrected chi connectivity index (χ3v) is 4.08. The van der Waals surface area contributed by atoms with Crippen LogP contribution in [0.4, 0.5) is 4.79 Å². The Morgan fingerprint density at radius 1 is 1.20 bits per heavy atom. The summed E-state index contributed by atoms with van der Waals surface area (Å²) in [6.45, 7) is 0.616. The van der Waals surface area contributed by atoms with Gasteiger partial charge in [0, 0.05) is 26.7 Å². The highest BCUT2D eigenvalue weighted by atomic mass is 16.6. The molecule has 130 valence electrons. The number of rotatable bonds is 5. The molecule has 1 aromatic heterocycles. The van der Waals surface area contributed by atoms with Gasteiger partial charge in [0.05, 0.1) is 18.1 Å². The van der Waals surface area contributed by atoms with E-state index < -0.39 is 0 Å². The number of aryl methyl sites for hydroxylation is 1. The fourth-order valence-electron chi connectivity index (χ4n) is 2.64. The first-order valence-corrected chi connectivity index (χ1v) is 7.99. The molecule has 0 aliphatic heterocycles. The van der Waals surface area contributed by atoms with Crippen LogP contribution in [0, 0.1) is 0 Å². The largest absolute Gasteiger partial charge is 0.497 e. The lowest BCUT2D eigenvalue weighted by Gasteiger charge is -2.16. The zero-order valence-electron chi connectivity index (χ0n) is 14.6. The van der Waals surface area contributed by atoms with E-state index in [9.17, 15) is 4.79 Å². The van der Waals surface area contributed by atoms with Gasteiger partial charge in [-0.3, -0.25) is 0 Å². The normalized spacial score (nSPS) is 10.7. The van der Waals surface area contributed by atoms with Gasteiger partial charge in [0.15, 0.2) is 6.61 Å². The Labute approximate surface area is 146 Å². The summed E-state index contributed by atoms with van der Waals surface area (Å²) in [7, 11) is 5.24. The maximum absolute atomic E-state index is 12.2. The first-order valence-electron chi connectivity index (χ1n) is 7.99. The first kappa shape index (κ1) is 16.8. The van der Waals surface area contributed by atoms with Crippen molar-refractivity contribution in [2.75, 3.05) is 14.2 Å². The molecular weight excluding hydrogens is 318 g/mol. The van der Waals surface area contributed by atoms with Gasteiger partial charge in [0.1, 0.15) is 11.6 Å². The smallest absolute Gasteiger partial charge is 0.410 e. The number of fused-ring (bicyclic) bond motifs is 1. The summed E-state index contributed by atoms with van der Waals surface area (Å²) in [4.78, 5) is 18.3. The third kappa shape index (κ3) is 3.74. The fourth-order valence-corrected chi connectivity index (χ4v) is 2.64. The highest BCUT2D eigenvalue weighted by Crippen LogP contribution is 2.21. The molecule has 6 nitrogen and oxygen atoms in total. The molecule has 0 aliphatic rings. The number of aromatic nitrogens is 2. The summed E-state index contributed by atoms with van der Waals surface area (Å²) in [6.07, 6.45) is -0.381. The second-order valence-electron chi connectivity index (χ2n) is 5.84. The number of carbonyl (C=O) groups is 1. The number of hydrogen-bond acceptors (Lipinski definition) is 4. The number of hydrogen-bond donors (Lipinski definition) is 0. The van der Waals surface area contributed by atoms with Crippen molar-refractivity contribution < 1.29 is 14.3 Å². The lowest BCUT2D eigenvalue weighted by Crippen LogP contribution is -2.27. The zero-order valence-corrected chi connectivity index (χ0v) is 14.6. The molecule has 0 saturated heterocycles. The van der Waals surface area contributed by atoms with Gasteiger partial charge in [-0.15, -0.1) is 0 Å². The Kier molecular flexibility index (Phi) is 4.88. The van der Waals surface area contributed by atoms with Crippen molar-refractivity contribution in [2.45, 2.75) is 13.2 Å². The van der Waals surface area contributed by atoms with Crippen molar-refractivity contribution in [3.63, 3.8) is 0 Å². The maximum atomic E-state index is 12.2. The van der Waals surface area contributed by atoms with Gasteiger partial charge in [0.25, 0.3) is 0 Å². The van der Waals surface area contributed by atoms with Gasteiger partial charge in [-0.1, -0.05) is 30.3 Å². The Bertz CT molecular complexity index is 874. The number of amides is 1. The van der Waals surface area contributed by atoms with Crippen molar-refractivity contribution in [1.29, 1.82) is 0 Å². The van der Waals surface area contributed by atoms with E-state index in [1.165, 1.54) is 0 Å². The lowest BCUT2D eigenvalue weighted by molar-refractivity contribution is 0.0995. The minimum Gasteiger partial charge on any atom is -0.497 e. The van der Waals surface area contributed by atoms with Crippen molar-refractivity contribution >= 4 is 17.1 Å². The molecule has 0 unspecified atom stereocenters. The summed E-state index contributed by atoms with van der Waals surface area (Å²) in [5.74, 6) is 1.43. The van der Waals surface area contributed by atoms with Crippen LogP contribution in [-0.2, 0) is 24.9 Å². The average molecular weight is 339 g/mol. The molecule has 0 aliphatic carbocycles. The maximum Gasteiger partial charge on any atom is 0.410 e. The topological polar surface area (TPSA) is 56.6 Å². The van der Waals surface area contributed by atoms with Crippen LogP contribution < -0.4 is 4.74 Å². The molecule has 0 radical (unpaired) electrons. The Hall–Kier alpha value is -3.02. The molecule has 0 fully saturated rings. The summed E-state index contributed by atoms with van der Waals surface area (Å²) >= 11 is 0. The second kappa shape index (κ2) is 7.25. The molecule has 0 spiro atoms. The van der Waals surface area contributed by atoms with Crippen LogP contribution >= 0.6 is 0 Å². The van der Waals surface area contributed by atoms with Crippen LogP contribution in [0.1, 0.15) is 11.4 Å². The van der Waals surface area contributed by atoms with Gasteiger partial charge < -0.3 is 18.9 Å². The summed E-state index contributed by atoms with van der Waals surface area (Å²) < 4.78 is 12.5. The lowest BCUT2D eigenvalue weighted by atomic mass is 10.2.